The highest BCUT2D eigenvalue weighted by Gasteiger charge is 2.28. The molecular weight excluding hydrogens is 263 g/mol. The van der Waals surface area contributed by atoms with Gasteiger partial charge in [-0.1, -0.05) is 0 Å². The highest BCUT2D eigenvalue weighted by Crippen LogP contribution is 2.24. The lowest BCUT2D eigenvalue weighted by atomic mass is 10.1. The molecule has 0 atom stereocenters. The molecule has 0 saturated heterocycles. The maximum absolute atomic E-state index is 13.1. The molecule has 1 aromatic carbocycles. The van der Waals surface area contributed by atoms with E-state index in [1.807, 2.05) is 13.8 Å². The number of nitrogens with zero attached hydrogens (tertiary/aromatic N) is 2. The van der Waals surface area contributed by atoms with Crippen molar-refractivity contribution < 1.29 is 14.1 Å². The summed E-state index contributed by atoms with van der Waals surface area (Å²) in [6.45, 7) is 4.18. The molecule has 0 bridgehead atoms. The predicted molar refractivity (Wildman–Crippen MR) is 66.9 cm³/mol. The molecule has 0 spiro atoms. The van der Waals surface area contributed by atoms with Crippen LogP contribution in [-0.4, -0.2) is 23.0 Å². The Morgan fingerprint density at radius 2 is 2.17 bits per heavy atom. The van der Waals surface area contributed by atoms with Crippen LogP contribution in [0.3, 0.4) is 0 Å². The van der Waals surface area contributed by atoms with Gasteiger partial charge in [-0.05, 0) is 26.0 Å². The zero-order valence-corrected chi connectivity index (χ0v) is 10.7. The van der Waals surface area contributed by atoms with Crippen molar-refractivity contribution in [2.24, 2.45) is 4.99 Å². The van der Waals surface area contributed by atoms with Crippen molar-refractivity contribution in [3.63, 3.8) is 0 Å². The molecule has 0 radical (unpaired) electrons. The fourth-order valence-electron chi connectivity index (χ4n) is 1.52. The van der Waals surface area contributed by atoms with E-state index < -0.39 is 16.4 Å². The monoisotopic (exact) mass is 274 g/mol. The van der Waals surface area contributed by atoms with Gasteiger partial charge in [0.15, 0.2) is 0 Å². The summed E-state index contributed by atoms with van der Waals surface area (Å²) in [5.41, 5.74) is -0.499. The Balaban J connectivity index is 0.00000162. The lowest BCUT2D eigenvalue weighted by Crippen LogP contribution is -2.17. The van der Waals surface area contributed by atoms with E-state index in [4.69, 9.17) is 4.74 Å². The number of nitro groups is 1. The highest BCUT2D eigenvalue weighted by atomic mass is 35.5. The first-order valence-electron chi connectivity index (χ1n) is 5.06. The van der Waals surface area contributed by atoms with Crippen LogP contribution in [0.2, 0.25) is 0 Å². The topological polar surface area (TPSA) is 64.7 Å². The third kappa shape index (κ3) is 2.76. The number of rotatable bonds is 2. The number of benzene rings is 1. The minimum Gasteiger partial charge on any atom is -0.475 e. The molecule has 7 heteroatoms. The number of ether oxygens (including phenoxy) is 1. The molecule has 98 valence electrons. The third-order valence-electron chi connectivity index (χ3n) is 2.36. The van der Waals surface area contributed by atoms with Gasteiger partial charge in [-0.2, -0.15) is 4.39 Å². The van der Waals surface area contributed by atoms with Crippen LogP contribution in [0.5, 0.6) is 0 Å². The number of hydrogen-bond acceptors (Lipinski definition) is 4. The van der Waals surface area contributed by atoms with E-state index in [0.29, 0.717) is 18.1 Å². The molecule has 0 amide bonds. The molecule has 1 heterocycles. The summed E-state index contributed by atoms with van der Waals surface area (Å²) < 4.78 is 18.5. The molecule has 0 aromatic heterocycles. The quantitative estimate of drug-likeness (QED) is 0.615. The summed E-state index contributed by atoms with van der Waals surface area (Å²) in [4.78, 5) is 14.1. The van der Waals surface area contributed by atoms with Gasteiger partial charge in [0.2, 0.25) is 11.7 Å². The van der Waals surface area contributed by atoms with Crippen LogP contribution in [-0.2, 0) is 4.74 Å². The Morgan fingerprint density at radius 3 is 2.67 bits per heavy atom. The average Bonchev–Trinajstić information content (AvgIpc) is 2.59. The van der Waals surface area contributed by atoms with E-state index in [0.717, 1.165) is 12.1 Å². The van der Waals surface area contributed by atoms with E-state index in [-0.39, 0.29) is 17.9 Å². The van der Waals surface area contributed by atoms with Gasteiger partial charge in [-0.25, -0.2) is 4.99 Å². The number of hydrogen-bond donors (Lipinski definition) is 0. The van der Waals surface area contributed by atoms with Crippen LogP contribution in [0.15, 0.2) is 23.2 Å². The Bertz CT molecular complexity index is 517. The molecule has 0 N–H and O–H groups in total. The first-order chi connectivity index (χ1) is 7.89. The van der Waals surface area contributed by atoms with Crippen LogP contribution in [0.1, 0.15) is 19.4 Å². The van der Waals surface area contributed by atoms with Gasteiger partial charge in [0.05, 0.1) is 10.5 Å². The Morgan fingerprint density at radius 1 is 1.50 bits per heavy atom. The normalized spacial score (nSPS) is 16.5. The zero-order chi connectivity index (χ0) is 12.6. The molecule has 0 fully saturated rings. The second kappa shape index (κ2) is 4.89. The van der Waals surface area contributed by atoms with Gasteiger partial charge in [0, 0.05) is 11.6 Å². The minimum atomic E-state index is -0.864. The van der Waals surface area contributed by atoms with E-state index in [1.165, 1.54) is 6.07 Å². The first kappa shape index (κ1) is 14.4. The molecule has 5 nitrogen and oxygen atoms in total. The fraction of sp³-hybridized carbons (Fsp3) is 0.364. The van der Waals surface area contributed by atoms with Gasteiger partial charge in [-0.15, -0.1) is 12.4 Å². The second-order valence-electron chi connectivity index (χ2n) is 4.44. The van der Waals surface area contributed by atoms with Gasteiger partial charge < -0.3 is 4.74 Å². The van der Waals surface area contributed by atoms with Crippen molar-refractivity contribution in [2.45, 2.75) is 19.4 Å². The second-order valence-corrected chi connectivity index (χ2v) is 4.44. The average molecular weight is 275 g/mol. The molecule has 0 saturated carbocycles. The molecule has 0 unspecified atom stereocenters. The molecule has 1 aliphatic heterocycles. The SMILES string of the molecule is CC1(C)COC(c2ccc(F)c([N+](=O)[O-])c2)=N1.Cl. The van der Waals surface area contributed by atoms with Gasteiger partial charge in [-0.3, -0.25) is 10.1 Å². The van der Waals surface area contributed by atoms with Crippen molar-refractivity contribution in [3.05, 3.63) is 39.7 Å². The minimum absolute atomic E-state index is 0. The summed E-state index contributed by atoms with van der Waals surface area (Å²) in [5, 5.41) is 10.6. The van der Waals surface area contributed by atoms with Crippen molar-refractivity contribution >= 4 is 24.0 Å². The van der Waals surface area contributed by atoms with Crippen molar-refractivity contribution in [1.82, 2.24) is 0 Å². The summed E-state index contributed by atoms with van der Waals surface area (Å²) in [5.74, 6) is -0.547. The molecule has 1 aromatic rings. The van der Waals surface area contributed by atoms with Gasteiger partial charge >= 0.3 is 5.69 Å². The summed E-state index contributed by atoms with van der Waals surface area (Å²) in [6, 6.07) is 3.60. The largest absolute Gasteiger partial charge is 0.475 e. The van der Waals surface area contributed by atoms with E-state index in [9.17, 15) is 14.5 Å². The van der Waals surface area contributed by atoms with Gasteiger partial charge in [0.25, 0.3) is 0 Å². The maximum atomic E-state index is 13.1. The predicted octanol–water partition coefficient (Wildman–Crippen LogP) is 2.71. The van der Waals surface area contributed by atoms with Crippen molar-refractivity contribution in [1.29, 1.82) is 0 Å². The van der Waals surface area contributed by atoms with Crippen LogP contribution in [0.25, 0.3) is 0 Å². The molecule has 2 rings (SSSR count). The Kier molecular flexibility index (Phi) is 3.91. The molecule has 18 heavy (non-hydrogen) atoms. The Hall–Kier alpha value is -1.69. The Labute approximate surface area is 109 Å². The molecule has 1 aliphatic rings. The van der Waals surface area contributed by atoms with Crippen molar-refractivity contribution in [3.8, 4) is 0 Å². The fourth-order valence-corrected chi connectivity index (χ4v) is 1.52. The number of aliphatic imine (C=N–C) groups is 1. The third-order valence-corrected chi connectivity index (χ3v) is 2.36. The summed E-state index contributed by atoms with van der Waals surface area (Å²) in [7, 11) is 0. The first-order valence-corrected chi connectivity index (χ1v) is 5.06. The summed E-state index contributed by atoms with van der Waals surface area (Å²) >= 11 is 0. The van der Waals surface area contributed by atoms with Crippen LogP contribution < -0.4 is 0 Å². The lowest BCUT2D eigenvalue weighted by molar-refractivity contribution is -0.387. The number of nitro benzene ring substituents is 1. The molecule has 0 aliphatic carbocycles. The van der Waals surface area contributed by atoms with E-state index >= 15 is 0 Å². The van der Waals surface area contributed by atoms with Gasteiger partial charge in [0.1, 0.15) is 6.61 Å². The van der Waals surface area contributed by atoms with Crippen LogP contribution in [0.4, 0.5) is 10.1 Å². The van der Waals surface area contributed by atoms with Crippen molar-refractivity contribution in [2.75, 3.05) is 6.61 Å². The zero-order valence-electron chi connectivity index (χ0n) is 9.84. The van der Waals surface area contributed by atoms with E-state index in [2.05, 4.69) is 4.99 Å². The highest BCUT2D eigenvalue weighted by molar-refractivity contribution is 5.96. The lowest BCUT2D eigenvalue weighted by Gasteiger charge is -2.07. The maximum Gasteiger partial charge on any atom is 0.305 e. The standard InChI is InChI=1S/C11H11FN2O3.ClH/c1-11(2)6-17-10(13-11)7-3-4-8(12)9(5-7)14(15)16;/h3-5H,6H2,1-2H3;1H. The van der Waals surface area contributed by atoms with Crippen LogP contribution >= 0.6 is 12.4 Å². The van der Waals surface area contributed by atoms with E-state index in [1.54, 1.807) is 0 Å². The molecular formula is C11H12ClFN2O3. The summed E-state index contributed by atoms with van der Waals surface area (Å²) in [6.07, 6.45) is 0. The smallest absolute Gasteiger partial charge is 0.305 e. The van der Waals surface area contributed by atoms with Crippen LogP contribution in [0, 0.1) is 15.9 Å². The number of halogens is 2.